The van der Waals surface area contributed by atoms with Crippen molar-refractivity contribution in [2.24, 2.45) is 0 Å². The van der Waals surface area contributed by atoms with E-state index in [1.54, 1.807) is 0 Å². The van der Waals surface area contributed by atoms with E-state index in [4.69, 9.17) is 0 Å². The molecule has 0 heterocycles. The Kier molecular flexibility index (Phi) is 4.79. The highest BCUT2D eigenvalue weighted by atomic mass is 15.1. The van der Waals surface area contributed by atoms with Gasteiger partial charge in [-0.2, -0.15) is 0 Å². The molecule has 0 saturated heterocycles. The first-order chi connectivity index (χ1) is 7.09. The Hall–Kier alpha value is -0.860. The summed E-state index contributed by atoms with van der Waals surface area (Å²) in [6.07, 6.45) is 0. The van der Waals surface area contributed by atoms with Crippen LogP contribution in [-0.4, -0.2) is 32.1 Å². The van der Waals surface area contributed by atoms with E-state index in [0.717, 1.165) is 13.1 Å². The van der Waals surface area contributed by atoms with Crippen LogP contribution >= 0.6 is 0 Å². The molecule has 0 radical (unpaired) electrons. The van der Waals surface area contributed by atoms with Crippen LogP contribution in [0.2, 0.25) is 0 Å². The Balaban J connectivity index is 2.40. The molecule has 0 fully saturated rings. The third kappa shape index (κ3) is 4.45. The molecule has 0 bridgehead atoms. The van der Waals surface area contributed by atoms with Crippen LogP contribution in [0, 0.1) is 6.92 Å². The average Bonchev–Trinajstić information content (AvgIpc) is 2.18. The minimum absolute atomic E-state index is 0.436. The molecule has 0 spiro atoms. The van der Waals surface area contributed by atoms with Gasteiger partial charge in [-0.1, -0.05) is 29.8 Å². The molecular formula is C13H22N2. The first-order valence-corrected chi connectivity index (χ1v) is 5.54. The molecule has 0 amide bonds. The first kappa shape index (κ1) is 12.2. The van der Waals surface area contributed by atoms with Crippen molar-refractivity contribution in [2.45, 2.75) is 19.9 Å². The third-order valence-corrected chi connectivity index (χ3v) is 2.59. The summed E-state index contributed by atoms with van der Waals surface area (Å²) in [7, 11) is 4.19. The SMILES string of the molecule is Cc1ccc(C(C)NCCN(C)C)cc1. The zero-order valence-electron chi connectivity index (χ0n) is 10.2. The van der Waals surface area contributed by atoms with E-state index in [-0.39, 0.29) is 0 Å². The van der Waals surface area contributed by atoms with Gasteiger partial charge in [-0.25, -0.2) is 0 Å². The van der Waals surface area contributed by atoms with Gasteiger partial charge in [-0.3, -0.25) is 0 Å². The van der Waals surface area contributed by atoms with E-state index >= 15 is 0 Å². The topological polar surface area (TPSA) is 15.3 Å². The van der Waals surface area contributed by atoms with Gasteiger partial charge < -0.3 is 10.2 Å². The van der Waals surface area contributed by atoms with E-state index in [0.29, 0.717) is 6.04 Å². The smallest absolute Gasteiger partial charge is 0.0292 e. The van der Waals surface area contributed by atoms with Gasteiger partial charge in [0.25, 0.3) is 0 Å². The number of aryl methyl sites for hydroxylation is 1. The lowest BCUT2D eigenvalue weighted by molar-refractivity contribution is 0.389. The van der Waals surface area contributed by atoms with E-state index in [9.17, 15) is 0 Å². The Bertz CT molecular complexity index is 277. The van der Waals surface area contributed by atoms with E-state index in [1.165, 1.54) is 11.1 Å². The van der Waals surface area contributed by atoms with Gasteiger partial charge in [-0.15, -0.1) is 0 Å². The van der Waals surface area contributed by atoms with Crippen molar-refractivity contribution in [3.05, 3.63) is 35.4 Å². The second-order valence-electron chi connectivity index (χ2n) is 4.39. The number of benzene rings is 1. The molecule has 0 aliphatic rings. The average molecular weight is 206 g/mol. The van der Waals surface area contributed by atoms with Crippen LogP contribution in [0.25, 0.3) is 0 Å². The summed E-state index contributed by atoms with van der Waals surface area (Å²) in [4.78, 5) is 2.19. The predicted octanol–water partition coefficient (Wildman–Crippen LogP) is 2.21. The van der Waals surface area contributed by atoms with Gasteiger partial charge in [0.15, 0.2) is 0 Å². The van der Waals surface area contributed by atoms with Crippen molar-refractivity contribution < 1.29 is 0 Å². The Morgan fingerprint density at radius 1 is 1.20 bits per heavy atom. The molecule has 2 heteroatoms. The monoisotopic (exact) mass is 206 g/mol. The van der Waals surface area contributed by atoms with Gasteiger partial charge in [0.05, 0.1) is 0 Å². The van der Waals surface area contributed by atoms with Crippen LogP contribution < -0.4 is 5.32 Å². The zero-order chi connectivity index (χ0) is 11.3. The first-order valence-electron chi connectivity index (χ1n) is 5.54. The van der Waals surface area contributed by atoms with Crippen molar-refractivity contribution in [3.8, 4) is 0 Å². The van der Waals surface area contributed by atoms with Crippen molar-refractivity contribution in [1.82, 2.24) is 10.2 Å². The maximum absolute atomic E-state index is 3.51. The van der Waals surface area contributed by atoms with E-state index < -0.39 is 0 Å². The van der Waals surface area contributed by atoms with Gasteiger partial charge >= 0.3 is 0 Å². The lowest BCUT2D eigenvalue weighted by Crippen LogP contribution is -2.28. The maximum atomic E-state index is 3.51. The van der Waals surface area contributed by atoms with E-state index in [1.807, 2.05) is 0 Å². The lowest BCUT2D eigenvalue weighted by atomic mass is 10.1. The normalized spacial score (nSPS) is 13.1. The summed E-state index contributed by atoms with van der Waals surface area (Å²) in [5.41, 5.74) is 2.68. The number of hydrogen-bond donors (Lipinski definition) is 1. The van der Waals surface area contributed by atoms with Crippen LogP contribution in [0.3, 0.4) is 0 Å². The zero-order valence-corrected chi connectivity index (χ0v) is 10.2. The molecule has 0 aliphatic carbocycles. The Morgan fingerprint density at radius 3 is 2.33 bits per heavy atom. The van der Waals surface area contributed by atoms with Gasteiger partial charge in [0.2, 0.25) is 0 Å². The Labute approximate surface area is 93.3 Å². The summed E-state index contributed by atoms with van der Waals surface area (Å²) in [6.45, 7) is 6.44. The third-order valence-electron chi connectivity index (χ3n) is 2.59. The van der Waals surface area contributed by atoms with Gasteiger partial charge in [0, 0.05) is 19.1 Å². The fourth-order valence-corrected chi connectivity index (χ4v) is 1.48. The van der Waals surface area contributed by atoms with Crippen LogP contribution in [0.15, 0.2) is 24.3 Å². The molecular weight excluding hydrogens is 184 g/mol. The number of rotatable bonds is 5. The molecule has 0 saturated carbocycles. The number of hydrogen-bond acceptors (Lipinski definition) is 2. The van der Waals surface area contributed by atoms with Crippen molar-refractivity contribution in [1.29, 1.82) is 0 Å². The maximum Gasteiger partial charge on any atom is 0.0292 e. The fraction of sp³-hybridized carbons (Fsp3) is 0.538. The highest BCUT2D eigenvalue weighted by Gasteiger charge is 2.03. The molecule has 1 aromatic carbocycles. The summed E-state index contributed by atoms with van der Waals surface area (Å²) in [5.74, 6) is 0. The molecule has 0 aromatic heterocycles. The summed E-state index contributed by atoms with van der Waals surface area (Å²) in [6, 6.07) is 9.16. The fourth-order valence-electron chi connectivity index (χ4n) is 1.48. The standard InChI is InChI=1S/C13H22N2/c1-11-5-7-13(8-6-11)12(2)14-9-10-15(3)4/h5-8,12,14H,9-10H2,1-4H3. The number of likely N-dealkylation sites (N-methyl/N-ethyl adjacent to an activating group) is 1. The quantitative estimate of drug-likeness (QED) is 0.794. The number of nitrogens with zero attached hydrogens (tertiary/aromatic N) is 1. The van der Waals surface area contributed by atoms with Crippen LogP contribution in [-0.2, 0) is 0 Å². The van der Waals surface area contributed by atoms with Gasteiger partial charge in [0.1, 0.15) is 0 Å². The largest absolute Gasteiger partial charge is 0.309 e. The molecule has 1 atom stereocenters. The minimum atomic E-state index is 0.436. The summed E-state index contributed by atoms with van der Waals surface area (Å²) in [5, 5.41) is 3.51. The minimum Gasteiger partial charge on any atom is -0.309 e. The van der Waals surface area contributed by atoms with Gasteiger partial charge in [-0.05, 0) is 33.5 Å². The second kappa shape index (κ2) is 5.89. The number of nitrogens with one attached hydrogen (secondary N) is 1. The highest BCUT2D eigenvalue weighted by Crippen LogP contribution is 2.12. The van der Waals surface area contributed by atoms with Crippen molar-refractivity contribution >= 4 is 0 Å². The van der Waals surface area contributed by atoms with Crippen LogP contribution in [0.5, 0.6) is 0 Å². The highest BCUT2D eigenvalue weighted by molar-refractivity contribution is 5.23. The molecule has 1 N–H and O–H groups in total. The molecule has 1 aromatic rings. The van der Waals surface area contributed by atoms with Crippen LogP contribution in [0.4, 0.5) is 0 Å². The predicted molar refractivity (Wildman–Crippen MR) is 66.2 cm³/mol. The molecule has 1 unspecified atom stereocenters. The van der Waals surface area contributed by atoms with Crippen LogP contribution in [0.1, 0.15) is 24.1 Å². The second-order valence-corrected chi connectivity index (χ2v) is 4.39. The van der Waals surface area contributed by atoms with E-state index in [2.05, 4.69) is 62.4 Å². The summed E-state index contributed by atoms with van der Waals surface area (Å²) < 4.78 is 0. The lowest BCUT2D eigenvalue weighted by Gasteiger charge is -2.16. The molecule has 2 nitrogen and oxygen atoms in total. The van der Waals surface area contributed by atoms with Crippen molar-refractivity contribution in [3.63, 3.8) is 0 Å². The molecule has 0 aliphatic heterocycles. The molecule has 1 rings (SSSR count). The molecule has 84 valence electrons. The Morgan fingerprint density at radius 2 is 1.80 bits per heavy atom. The summed E-state index contributed by atoms with van der Waals surface area (Å²) >= 11 is 0. The van der Waals surface area contributed by atoms with Crippen molar-refractivity contribution in [2.75, 3.05) is 27.2 Å². The molecule has 15 heavy (non-hydrogen) atoms.